The summed E-state index contributed by atoms with van der Waals surface area (Å²) in [5.41, 5.74) is 1.06. The van der Waals surface area contributed by atoms with Gasteiger partial charge >= 0.3 is 0 Å². The number of hydrogen-bond acceptors (Lipinski definition) is 5. The Balaban J connectivity index is 0.00000225. The molecule has 3 aromatic rings. The van der Waals surface area contributed by atoms with Crippen molar-refractivity contribution in [2.45, 2.75) is 26.3 Å². The summed E-state index contributed by atoms with van der Waals surface area (Å²) in [6, 6.07) is 7.42. The molecule has 1 aromatic carbocycles. The number of piperidine rings is 1. The summed E-state index contributed by atoms with van der Waals surface area (Å²) in [4.78, 5) is 31.6. The molecule has 1 fully saturated rings. The van der Waals surface area contributed by atoms with E-state index in [2.05, 4.69) is 17.2 Å². The average Bonchev–Trinajstić information content (AvgIpc) is 3.08. The van der Waals surface area contributed by atoms with Crippen molar-refractivity contribution in [1.29, 1.82) is 0 Å². The number of halogens is 1. The van der Waals surface area contributed by atoms with E-state index in [-0.39, 0.29) is 36.0 Å². The summed E-state index contributed by atoms with van der Waals surface area (Å²) in [6.07, 6.45) is 3.44. The number of carbonyl (C=O) groups excluding carboxylic acids is 1. The second-order valence-electron chi connectivity index (χ2n) is 7.09. The van der Waals surface area contributed by atoms with Crippen LogP contribution < -0.4 is 10.9 Å². The maximum atomic E-state index is 12.7. The van der Waals surface area contributed by atoms with E-state index in [0.717, 1.165) is 44.4 Å². The SMILES string of the molecule is CCNCC1CCN(C(=O)Cn2cnc3c(oc4ccccc43)c2=O)CC1.Cl. The lowest BCUT2D eigenvalue weighted by Crippen LogP contribution is -2.43. The van der Waals surface area contributed by atoms with Gasteiger partial charge in [-0.15, -0.1) is 12.4 Å². The van der Waals surface area contributed by atoms with Crippen LogP contribution in [0.3, 0.4) is 0 Å². The molecule has 7 nitrogen and oxygen atoms in total. The third kappa shape index (κ3) is 3.91. The van der Waals surface area contributed by atoms with Crippen molar-refractivity contribution in [2.24, 2.45) is 5.92 Å². The van der Waals surface area contributed by atoms with Crippen LogP contribution in [0.15, 0.2) is 39.8 Å². The lowest BCUT2D eigenvalue weighted by atomic mass is 9.97. The van der Waals surface area contributed by atoms with Crippen molar-refractivity contribution >= 4 is 40.4 Å². The normalized spacial score (nSPS) is 15.1. The molecule has 0 radical (unpaired) electrons. The van der Waals surface area contributed by atoms with Crippen LogP contribution in [0.25, 0.3) is 22.1 Å². The summed E-state index contributed by atoms with van der Waals surface area (Å²) in [5.74, 6) is 0.571. The lowest BCUT2D eigenvalue weighted by Gasteiger charge is -2.32. The average molecular weight is 405 g/mol. The lowest BCUT2D eigenvalue weighted by molar-refractivity contribution is -0.133. The van der Waals surface area contributed by atoms with E-state index in [1.807, 2.05) is 29.2 Å². The summed E-state index contributed by atoms with van der Waals surface area (Å²) < 4.78 is 7.02. The Morgan fingerprint density at radius 3 is 2.79 bits per heavy atom. The van der Waals surface area contributed by atoms with Gasteiger partial charge in [0.15, 0.2) is 0 Å². The number of benzene rings is 1. The second-order valence-corrected chi connectivity index (χ2v) is 7.09. The first-order valence-electron chi connectivity index (χ1n) is 9.52. The van der Waals surface area contributed by atoms with E-state index in [1.54, 1.807) is 0 Å². The van der Waals surface area contributed by atoms with Gasteiger partial charge in [-0.3, -0.25) is 14.2 Å². The molecule has 1 saturated heterocycles. The zero-order chi connectivity index (χ0) is 18.8. The molecule has 0 unspecified atom stereocenters. The first-order chi connectivity index (χ1) is 13.2. The Morgan fingerprint density at radius 1 is 1.29 bits per heavy atom. The van der Waals surface area contributed by atoms with E-state index in [9.17, 15) is 9.59 Å². The molecule has 150 valence electrons. The second kappa shape index (κ2) is 8.75. The highest BCUT2D eigenvalue weighted by atomic mass is 35.5. The van der Waals surface area contributed by atoms with Gasteiger partial charge in [-0.25, -0.2) is 4.98 Å². The van der Waals surface area contributed by atoms with E-state index in [0.29, 0.717) is 17.0 Å². The van der Waals surface area contributed by atoms with Gasteiger partial charge in [0.05, 0.1) is 6.33 Å². The van der Waals surface area contributed by atoms with Gasteiger partial charge in [-0.1, -0.05) is 19.1 Å². The highest BCUT2D eigenvalue weighted by Gasteiger charge is 2.23. The molecule has 1 N–H and O–H groups in total. The van der Waals surface area contributed by atoms with Gasteiger partial charge in [-0.05, 0) is 44.0 Å². The molecule has 1 amide bonds. The number of nitrogens with zero attached hydrogens (tertiary/aromatic N) is 3. The molecule has 4 rings (SSSR count). The first-order valence-corrected chi connectivity index (χ1v) is 9.52. The molecule has 0 bridgehead atoms. The summed E-state index contributed by atoms with van der Waals surface area (Å²) in [5, 5.41) is 4.18. The monoisotopic (exact) mass is 404 g/mol. The molecule has 0 aliphatic carbocycles. The number of rotatable bonds is 5. The minimum atomic E-state index is -0.313. The van der Waals surface area contributed by atoms with Crippen molar-refractivity contribution in [3.63, 3.8) is 0 Å². The Bertz CT molecular complexity index is 1020. The van der Waals surface area contributed by atoms with E-state index in [1.165, 1.54) is 10.9 Å². The Kier molecular flexibility index (Phi) is 6.36. The Labute approximate surface area is 169 Å². The number of likely N-dealkylation sites (tertiary alicyclic amines) is 1. The van der Waals surface area contributed by atoms with Gasteiger partial charge in [0.1, 0.15) is 17.6 Å². The maximum absolute atomic E-state index is 12.7. The zero-order valence-corrected chi connectivity index (χ0v) is 16.7. The van der Waals surface area contributed by atoms with Gasteiger partial charge < -0.3 is 14.6 Å². The minimum Gasteiger partial charge on any atom is -0.448 e. The van der Waals surface area contributed by atoms with Crippen LogP contribution in [0, 0.1) is 5.92 Å². The quantitative estimate of drug-likeness (QED) is 0.706. The molecule has 1 aliphatic rings. The number of para-hydroxylation sites is 1. The summed E-state index contributed by atoms with van der Waals surface area (Å²) >= 11 is 0. The predicted octanol–water partition coefficient (Wildman–Crippen LogP) is 2.41. The number of nitrogens with one attached hydrogen (secondary N) is 1. The third-order valence-electron chi connectivity index (χ3n) is 5.31. The highest BCUT2D eigenvalue weighted by Crippen LogP contribution is 2.24. The number of aromatic nitrogens is 2. The number of fused-ring (bicyclic) bond motifs is 3. The maximum Gasteiger partial charge on any atom is 0.297 e. The number of furan rings is 1. The molecule has 28 heavy (non-hydrogen) atoms. The number of amides is 1. The van der Waals surface area contributed by atoms with E-state index < -0.39 is 0 Å². The molecule has 1 aliphatic heterocycles. The predicted molar refractivity (Wildman–Crippen MR) is 111 cm³/mol. The fraction of sp³-hybridized carbons (Fsp3) is 0.450. The van der Waals surface area contributed by atoms with Crippen LogP contribution in [0.4, 0.5) is 0 Å². The summed E-state index contributed by atoms with van der Waals surface area (Å²) in [6.45, 7) is 5.55. The van der Waals surface area contributed by atoms with Crippen LogP contribution in [0.5, 0.6) is 0 Å². The fourth-order valence-electron chi connectivity index (χ4n) is 3.71. The molecule has 3 heterocycles. The van der Waals surface area contributed by atoms with Gasteiger partial charge in [0.2, 0.25) is 11.5 Å². The molecular formula is C20H25ClN4O3. The third-order valence-corrected chi connectivity index (χ3v) is 5.31. The molecule has 8 heteroatoms. The fourth-order valence-corrected chi connectivity index (χ4v) is 3.71. The van der Waals surface area contributed by atoms with Crippen molar-refractivity contribution in [3.8, 4) is 0 Å². The molecule has 0 atom stereocenters. The van der Waals surface area contributed by atoms with Crippen LogP contribution in [0.1, 0.15) is 19.8 Å². The highest BCUT2D eigenvalue weighted by molar-refractivity contribution is 6.01. The van der Waals surface area contributed by atoms with E-state index in [4.69, 9.17) is 4.42 Å². The molecule has 0 spiro atoms. The van der Waals surface area contributed by atoms with E-state index >= 15 is 0 Å². The van der Waals surface area contributed by atoms with Crippen molar-refractivity contribution in [3.05, 3.63) is 40.9 Å². The van der Waals surface area contributed by atoms with Crippen molar-refractivity contribution in [2.75, 3.05) is 26.2 Å². The molecule has 0 saturated carbocycles. The van der Waals surface area contributed by atoms with Crippen molar-refractivity contribution < 1.29 is 9.21 Å². The zero-order valence-electron chi connectivity index (χ0n) is 15.9. The van der Waals surface area contributed by atoms with Gasteiger partial charge in [0, 0.05) is 18.5 Å². The molecule has 2 aromatic heterocycles. The van der Waals surface area contributed by atoms with Crippen LogP contribution in [0.2, 0.25) is 0 Å². The first kappa shape index (κ1) is 20.4. The van der Waals surface area contributed by atoms with Crippen LogP contribution in [-0.4, -0.2) is 46.5 Å². The van der Waals surface area contributed by atoms with Crippen LogP contribution >= 0.6 is 12.4 Å². The number of carbonyl (C=O) groups is 1. The summed E-state index contributed by atoms with van der Waals surface area (Å²) in [7, 11) is 0. The smallest absolute Gasteiger partial charge is 0.297 e. The van der Waals surface area contributed by atoms with Gasteiger partial charge in [-0.2, -0.15) is 0 Å². The largest absolute Gasteiger partial charge is 0.448 e. The standard InChI is InChI=1S/C20H24N4O3.ClH/c1-2-21-11-14-7-9-23(10-8-14)17(25)12-24-13-22-18-15-5-3-4-6-16(15)27-19(18)20(24)26;/h3-6,13-14,21H,2,7-12H2,1H3;1H. The Morgan fingerprint density at radius 2 is 2.04 bits per heavy atom. The Hall–Kier alpha value is -2.38. The van der Waals surface area contributed by atoms with Crippen LogP contribution in [-0.2, 0) is 11.3 Å². The van der Waals surface area contributed by atoms with Crippen molar-refractivity contribution in [1.82, 2.24) is 19.8 Å². The van der Waals surface area contributed by atoms with Gasteiger partial charge in [0.25, 0.3) is 5.56 Å². The minimum absolute atomic E-state index is 0. The number of hydrogen-bond donors (Lipinski definition) is 1. The molecular weight excluding hydrogens is 380 g/mol. The topological polar surface area (TPSA) is 80.4 Å².